The fourth-order valence-corrected chi connectivity index (χ4v) is 3.36. The van der Waals surface area contributed by atoms with Crippen LogP contribution >= 0.6 is 0 Å². The number of carbonyl (C=O) groups excluding carboxylic acids is 1. The summed E-state index contributed by atoms with van der Waals surface area (Å²) in [7, 11) is -2.31. The second-order valence-corrected chi connectivity index (χ2v) is 7.95. The van der Waals surface area contributed by atoms with Gasteiger partial charge in [0.25, 0.3) is 15.9 Å². The van der Waals surface area contributed by atoms with Crippen LogP contribution in [0.25, 0.3) is 0 Å². The molecule has 0 bridgehead atoms. The topological polar surface area (TPSA) is 84.5 Å². The van der Waals surface area contributed by atoms with Crippen LogP contribution in [-0.2, 0) is 10.0 Å². The van der Waals surface area contributed by atoms with Crippen LogP contribution in [0.2, 0.25) is 0 Å². The Balaban J connectivity index is 2.10. The number of hydrogen-bond donors (Lipinski definition) is 2. The Kier molecular flexibility index (Phi) is 6.63. The van der Waals surface area contributed by atoms with Crippen LogP contribution in [0.15, 0.2) is 53.4 Å². The molecule has 2 rings (SSSR count). The number of carbonyl (C=O) groups is 1. The van der Waals surface area contributed by atoms with Crippen molar-refractivity contribution in [1.82, 2.24) is 5.32 Å². The highest BCUT2D eigenvalue weighted by Crippen LogP contribution is 2.26. The van der Waals surface area contributed by atoms with E-state index in [4.69, 9.17) is 4.74 Å². The average Bonchev–Trinajstić information content (AvgIpc) is 2.61. The summed E-state index contributed by atoms with van der Waals surface area (Å²) in [6.07, 6.45) is 0.890. The van der Waals surface area contributed by atoms with Crippen LogP contribution in [0.5, 0.6) is 5.75 Å². The Bertz CT molecular complexity index is 846. The van der Waals surface area contributed by atoms with Crippen LogP contribution in [0.4, 0.5) is 5.69 Å². The normalized spacial score (nSPS) is 11.2. The fourth-order valence-electron chi connectivity index (χ4n) is 2.29. The van der Waals surface area contributed by atoms with E-state index < -0.39 is 10.0 Å². The van der Waals surface area contributed by atoms with E-state index >= 15 is 0 Å². The lowest BCUT2D eigenvalue weighted by molar-refractivity contribution is 0.0952. The Hall–Kier alpha value is -2.54. The van der Waals surface area contributed by atoms with E-state index in [1.807, 2.05) is 0 Å². The van der Waals surface area contributed by atoms with Gasteiger partial charge in [-0.3, -0.25) is 9.52 Å². The summed E-state index contributed by atoms with van der Waals surface area (Å²) in [5.41, 5.74) is 0.774. The van der Waals surface area contributed by atoms with E-state index in [9.17, 15) is 13.2 Å². The number of hydrogen-bond acceptors (Lipinski definition) is 4. The third-order valence-electron chi connectivity index (χ3n) is 3.79. The van der Waals surface area contributed by atoms with Crippen molar-refractivity contribution in [1.29, 1.82) is 0 Å². The predicted molar refractivity (Wildman–Crippen MR) is 102 cm³/mol. The quantitative estimate of drug-likeness (QED) is 0.740. The van der Waals surface area contributed by atoms with Gasteiger partial charge in [-0.25, -0.2) is 8.42 Å². The van der Waals surface area contributed by atoms with Crippen molar-refractivity contribution in [2.24, 2.45) is 5.92 Å². The molecule has 0 radical (unpaired) electrons. The van der Waals surface area contributed by atoms with Crippen molar-refractivity contribution in [3.05, 3.63) is 54.1 Å². The lowest BCUT2D eigenvalue weighted by Crippen LogP contribution is -2.25. The summed E-state index contributed by atoms with van der Waals surface area (Å²) in [6, 6.07) is 12.6. The maximum atomic E-state index is 12.5. The number of nitrogens with one attached hydrogen (secondary N) is 2. The van der Waals surface area contributed by atoms with Crippen molar-refractivity contribution in [3.8, 4) is 5.75 Å². The molecule has 0 saturated heterocycles. The summed E-state index contributed by atoms with van der Waals surface area (Å²) >= 11 is 0. The Morgan fingerprint density at radius 3 is 2.35 bits per heavy atom. The smallest absolute Gasteiger partial charge is 0.262 e. The van der Waals surface area contributed by atoms with Gasteiger partial charge in [-0.2, -0.15) is 0 Å². The number of para-hydroxylation sites is 2. The number of amides is 1. The Morgan fingerprint density at radius 2 is 1.73 bits per heavy atom. The molecule has 2 N–H and O–H groups in total. The van der Waals surface area contributed by atoms with E-state index in [2.05, 4.69) is 23.9 Å². The highest BCUT2D eigenvalue weighted by Gasteiger charge is 2.17. The molecule has 0 atom stereocenters. The molecular formula is C19H24N2O4S. The summed E-state index contributed by atoms with van der Waals surface area (Å²) < 4.78 is 32.7. The zero-order valence-electron chi connectivity index (χ0n) is 15.2. The second-order valence-electron chi connectivity index (χ2n) is 6.27. The Morgan fingerprint density at radius 1 is 1.08 bits per heavy atom. The molecule has 0 unspecified atom stereocenters. The lowest BCUT2D eigenvalue weighted by atomic mass is 10.1. The third-order valence-corrected chi connectivity index (χ3v) is 5.17. The molecule has 0 heterocycles. The lowest BCUT2D eigenvalue weighted by Gasteiger charge is -2.12. The van der Waals surface area contributed by atoms with Gasteiger partial charge in [0, 0.05) is 12.1 Å². The molecule has 2 aromatic rings. The number of rotatable bonds is 8. The van der Waals surface area contributed by atoms with Crippen molar-refractivity contribution < 1.29 is 17.9 Å². The van der Waals surface area contributed by atoms with Crippen LogP contribution in [0, 0.1) is 5.92 Å². The van der Waals surface area contributed by atoms with E-state index in [1.165, 1.54) is 31.4 Å². The van der Waals surface area contributed by atoms with Crippen LogP contribution in [-0.4, -0.2) is 28.0 Å². The number of ether oxygens (including phenoxy) is 1. The number of benzene rings is 2. The molecule has 0 saturated carbocycles. The first-order valence-corrected chi connectivity index (χ1v) is 9.86. The summed E-state index contributed by atoms with van der Waals surface area (Å²) in [5.74, 6) is 0.716. The molecule has 26 heavy (non-hydrogen) atoms. The summed E-state index contributed by atoms with van der Waals surface area (Å²) in [6.45, 7) is 4.76. The van der Waals surface area contributed by atoms with Crippen LogP contribution < -0.4 is 14.8 Å². The molecule has 0 spiro atoms. The molecule has 0 aliphatic heterocycles. The monoisotopic (exact) mass is 376 g/mol. The van der Waals surface area contributed by atoms with Gasteiger partial charge in [0.05, 0.1) is 17.7 Å². The largest absolute Gasteiger partial charge is 0.495 e. The SMILES string of the molecule is COc1ccccc1NS(=O)(=O)c1ccc(C(=O)NCCC(C)C)cc1. The van der Waals surface area contributed by atoms with Gasteiger partial charge in [0.15, 0.2) is 0 Å². The molecule has 0 aromatic heterocycles. The van der Waals surface area contributed by atoms with Gasteiger partial charge in [0.1, 0.15) is 5.75 Å². The van der Waals surface area contributed by atoms with Crippen LogP contribution in [0.1, 0.15) is 30.6 Å². The van der Waals surface area contributed by atoms with E-state index in [-0.39, 0.29) is 10.8 Å². The average molecular weight is 376 g/mol. The first-order valence-electron chi connectivity index (χ1n) is 8.37. The van der Waals surface area contributed by atoms with Gasteiger partial charge >= 0.3 is 0 Å². The molecule has 1 amide bonds. The van der Waals surface area contributed by atoms with Crippen molar-refractivity contribution in [2.45, 2.75) is 25.2 Å². The molecule has 140 valence electrons. The first kappa shape index (κ1) is 19.8. The minimum absolute atomic E-state index is 0.0714. The van der Waals surface area contributed by atoms with Crippen molar-refractivity contribution >= 4 is 21.6 Å². The molecular weight excluding hydrogens is 352 g/mol. The Labute approximate surface area is 154 Å². The minimum Gasteiger partial charge on any atom is -0.495 e. The number of anilines is 1. The molecule has 7 heteroatoms. The van der Waals surface area contributed by atoms with Gasteiger partial charge in [-0.1, -0.05) is 26.0 Å². The van der Waals surface area contributed by atoms with Gasteiger partial charge in [-0.05, 0) is 48.7 Å². The highest BCUT2D eigenvalue weighted by atomic mass is 32.2. The van der Waals surface area contributed by atoms with Gasteiger partial charge in [-0.15, -0.1) is 0 Å². The standard InChI is InChI=1S/C19H24N2O4S/c1-14(2)12-13-20-19(22)15-8-10-16(11-9-15)26(23,24)21-17-6-4-5-7-18(17)25-3/h4-11,14,21H,12-13H2,1-3H3,(H,20,22). The summed E-state index contributed by atoms with van der Waals surface area (Å²) in [4.78, 5) is 12.1. The molecule has 6 nitrogen and oxygen atoms in total. The molecule has 0 aliphatic carbocycles. The van der Waals surface area contributed by atoms with E-state index in [0.29, 0.717) is 29.5 Å². The first-order chi connectivity index (χ1) is 12.3. The predicted octanol–water partition coefficient (Wildman–Crippen LogP) is 3.27. The highest BCUT2D eigenvalue weighted by molar-refractivity contribution is 7.92. The maximum Gasteiger partial charge on any atom is 0.262 e. The zero-order chi connectivity index (χ0) is 19.2. The minimum atomic E-state index is -3.78. The molecule has 2 aromatic carbocycles. The molecule has 0 aliphatic rings. The van der Waals surface area contributed by atoms with E-state index in [0.717, 1.165) is 6.42 Å². The zero-order valence-corrected chi connectivity index (χ0v) is 16.0. The third kappa shape index (κ3) is 5.23. The number of methoxy groups -OCH3 is 1. The number of sulfonamides is 1. The fraction of sp³-hybridized carbons (Fsp3) is 0.316. The van der Waals surface area contributed by atoms with Gasteiger partial charge < -0.3 is 10.1 Å². The molecule has 0 fully saturated rings. The van der Waals surface area contributed by atoms with E-state index in [1.54, 1.807) is 24.3 Å². The van der Waals surface area contributed by atoms with Crippen molar-refractivity contribution in [3.63, 3.8) is 0 Å². The summed E-state index contributed by atoms with van der Waals surface area (Å²) in [5, 5.41) is 2.82. The van der Waals surface area contributed by atoms with Crippen LogP contribution in [0.3, 0.4) is 0 Å². The van der Waals surface area contributed by atoms with Gasteiger partial charge in [0.2, 0.25) is 0 Å². The second kappa shape index (κ2) is 8.71. The maximum absolute atomic E-state index is 12.5. The van der Waals surface area contributed by atoms with Crippen molar-refractivity contribution in [2.75, 3.05) is 18.4 Å².